The maximum atomic E-state index is 5.32. The minimum Gasteiger partial charge on any atom is -0.497 e. The van der Waals surface area contributed by atoms with E-state index < -0.39 is 0 Å². The number of hydrogen-bond donors (Lipinski definition) is 1. The first kappa shape index (κ1) is 16.7. The van der Waals surface area contributed by atoms with Gasteiger partial charge in [0.2, 0.25) is 0 Å². The normalized spacial score (nSPS) is 11.2. The van der Waals surface area contributed by atoms with Gasteiger partial charge in [-0.1, -0.05) is 27.7 Å². The Labute approximate surface area is 123 Å². The molecule has 3 heteroatoms. The van der Waals surface area contributed by atoms with Crippen LogP contribution in [0.1, 0.15) is 40.5 Å². The lowest BCUT2D eigenvalue weighted by Crippen LogP contribution is -2.23. The monoisotopic (exact) mass is 279 g/mol. The van der Waals surface area contributed by atoms with Gasteiger partial charge in [-0.3, -0.25) is 0 Å². The topological polar surface area (TPSA) is 30.5 Å². The van der Waals surface area contributed by atoms with E-state index in [0.29, 0.717) is 17.9 Å². The quantitative estimate of drug-likeness (QED) is 0.755. The van der Waals surface area contributed by atoms with Crippen molar-refractivity contribution in [3.05, 3.63) is 18.2 Å². The van der Waals surface area contributed by atoms with E-state index in [0.717, 1.165) is 30.0 Å². The lowest BCUT2D eigenvalue weighted by atomic mass is 9.95. The largest absolute Gasteiger partial charge is 0.497 e. The first-order valence-corrected chi connectivity index (χ1v) is 7.44. The molecule has 0 aliphatic heterocycles. The van der Waals surface area contributed by atoms with E-state index in [4.69, 9.17) is 9.47 Å². The van der Waals surface area contributed by atoms with Gasteiger partial charge in [0.15, 0.2) is 0 Å². The Morgan fingerprint density at radius 1 is 0.850 bits per heavy atom. The fourth-order valence-corrected chi connectivity index (χ4v) is 2.48. The van der Waals surface area contributed by atoms with Crippen LogP contribution in [-0.2, 0) is 0 Å². The second-order valence-electron chi connectivity index (χ2n) is 6.20. The van der Waals surface area contributed by atoms with Gasteiger partial charge in [0, 0.05) is 29.9 Å². The highest BCUT2D eigenvalue weighted by molar-refractivity contribution is 5.54. The molecule has 0 atom stereocenters. The van der Waals surface area contributed by atoms with Crippen LogP contribution in [0.4, 0.5) is 5.69 Å². The highest BCUT2D eigenvalue weighted by atomic mass is 16.5. The molecule has 0 spiro atoms. The van der Waals surface area contributed by atoms with Crippen LogP contribution in [-0.4, -0.2) is 20.3 Å². The number of anilines is 1. The summed E-state index contributed by atoms with van der Waals surface area (Å²) in [4.78, 5) is 0. The molecule has 0 fully saturated rings. The fraction of sp³-hybridized carbons (Fsp3) is 0.647. The first-order chi connectivity index (χ1) is 9.44. The highest BCUT2D eigenvalue weighted by Crippen LogP contribution is 2.27. The molecule has 0 heterocycles. The number of hydrogen-bond acceptors (Lipinski definition) is 3. The number of nitrogens with one attached hydrogen (secondary N) is 1. The SMILES string of the molecule is COc1cc(NC(CC(C)C)CC(C)C)cc(OC)c1. The lowest BCUT2D eigenvalue weighted by Gasteiger charge is -2.24. The van der Waals surface area contributed by atoms with Crippen LogP contribution in [0.2, 0.25) is 0 Å². The maximum absolute atomic E-state index is 5.32. The third kappa shape index (κ3) is 5.72. The molecule has 1 aromatic carbocycles. The van der Waals surface area contributed by atoms with Crippen LogP contribution in [0.25, 0.3) is 0 Å². The third-order valence-electron chi connectivity index (χ3n) is 3.23. The van der Waals surface area contributed by atoms with Crippen molar-refractivity contribution in [3.8, 4) is 11.5 Å². The average molecular weight is 279 g/mol. The number of rotatable bonds is 8. The van der Waals surface area contributed by atoms with Gasteiger partial charge in [-0.15, -0.1) is 0 Å². The molecule has 0 unspecified atom stereocenters. The Morgan fingerprint density at radius 3 is 1.65 bits per heavy atom. The van der Waals surface area contributed by atoms with Crippen LogP contribution >= 0.6 is 0 Å². The van der Waals surface area contributed by atoms with Crippen molar-refractivity contribution in [2.75, 3.05) is 19.5 Å². The standard InChI is InChI=1S/C17H29NO2/c1-12(2)7-14(8-13(3)4)18-15-9-16(19-5)11-17(10-15)20-6/h9-14,18H,7-8H2,1-6H3. The second-order valence-corrected chi connectivity index (χ2v) is 6.20. The Bertz CT molecular complexity index is 370. The first-order valence-electron chi connectivity index (χ1n) is 7.44. The van der Waals surface area contributed by atoms with Gasteiger partial charge < -0.3 is 14.8 Å². The van der Waals surface area contributed by atoms with Gasteiger partial charge in [0.1, 0.15) is 11.5 Å². The summed E-state index contributed by atoms with van der Waals surface area (Å²) >= 11 is 0. The molecule has 0 saturated carbocycles. The summed E-state index contributed by atoms with van der Waals surface area (Å²) in [6, 6.07) is 6.42. The van der Waals surface area contributed by atoms with E-state index in [1.54, 1.807) is 14.2 Å². The van der Waals surface area contributed by atoms with Gasteiger partial charge in [0.25, 0.3) is 0 Å². The lowest BCUT2D eigenvalue weighted by molar-refractivity contribution is 0.394. The zero-order chi connectivity index (χ0) is 15.1. The molecule has 0 bridgehead atoms. The number of methoxy groups -OCH3 is 2. The molecule has 0 aromatic heterocycles. The zero-order valence-electron chi connectivity index (χ0n) is 13.7. The van der Waals surface area contributed by atoms with Crippen molar-refractivity contribution in [1.29, 1.82) is 0 Å². The van der Waals surface area contributed by atoms with E-state index in [9.17, 15) is 0 Å². The molecule has 20 heavy (non-hydrogen) atoms. The van der Waals surface area contributed by atoms with E-state index in [1.165, 1.54) is 0 Å². The predicted octanol–water partition coefficient (Wildman–Crippen LogP) is 4.58. The Kier molecular flexibility index (Phi) is 6.69. The summed E-state index contributed by atoms with van der Waals surface area (Å²) in [5.41, 5.74) is 1.06. The van der Waals surface area contributed by atoms with Crippen LogP contribution < -0.4 is 14.8 Å². The van der Waals surface area contributed by atoms with E-state index in [2.05, 4.69) is 33.0 Å². The van der Waals surface area contributed by atoms with Crippen LogP contribution in [0.15, 0.2) is 18.2 Å². The van der Waals surface area contributed by atoms with Crippen molar-refractivity contribution in [3.63, 3.8) is 0 Å². The zero-order valence-corrected chi connectivity index (χ0v) is 13.7. The molecule has 0 aliphatic carbocycles. The molecular formula is C17H29NO2. The summed E-state index contributed by atoms with van der Waals surface area (Å²) in [5.74, 6) is 3.00. The van der Waals surface area contributed by atoms with E-state index >= 15 is 0 Å². The molecule has 0 aliphatic rings. The minimum atomic E-state index is 0.479. The fourth-order valence-electron chi connectivity index (χ4n) is 2.48. The molecule has 0 saturated heterocycles. The summed E-state index contributed by atoms with van der Waals surface area (Å²) in [5, 5.41) is 3.63. The molecule has 0 amide bonds. The van der Waals surface area contributed by atoms with Gasteiger partial charge in [-0.25, -0.2) is 0 Å². The summed E-state index contributed by atoms with van der Waals surface area (Å²) < 4.78 is 10.6. The molecule has 1 N–H and O–H groups in total. The third-order valence-corrected chi connectivity index (χ3v) is 3.23. The van der Waals surface area contributed by atoms with Gasteiger partial charge in [-0.05, 0) is 24.7 Å². The van der Waals surface area contributed by atoms with Gasteiger partial charge in [-0.2, -0.15) is 0 Å². The van der Waals surface area contributed by atoms with Crippen molar-refractivity contribution < 1.29 is 9.47 Å². The van der Waals surface area contributed by atoms with Crippen molar-refractivity contribution >= 4 is 5.69 Å². The van der Waals surface area contributed by atoms with Crippen molar-refractivity contribution in [1.82, 2.24) is 0 Å². The van der Waals surface area contributed by atoms with Crippen LogP contribution in [0.5, 0.6) is 11.5 Å². The van der Waals surface area contributed by atoms with E-state index in [-0.39, 0.29) is 0 Å². The maximum Gasteiger partial charge on any atom is 0.124 e. The number of ether oxygens (including phenoxy) is 2. The summed E-state index contributed by atoms with van der Waals surface area (Å²) in [6.45, 7) is 9.06. The Morgan fingerprint density at radius 2 is 1.30 bits per heavy atom. The summed E-state index contributed by atoms with van der Waals surface area (Å²) in [7, 11) is 3.36. The van der Waals surface area contributed by atoms with Gasteiger partial charge >= 0.3 is 0 Å². The van der Waals surface area contributed by atoms with Crippen LogP contribution in [0.3, 0.4) is 0 Å². The average Bonchev–Trinajstić information content (AvgIpc) is 2.36. The van der Waals surface area contributed by atoms with Crippen molar-refractivity contribution in [2.45, 2.75) is 46.6 Å². The van der Waals surface area contributed by atoms with Gasteiger partial charge in [0.05, 0.1) is 14.2 Å². The minimum absolute atomic E-state index is 0.479. The molecule has 1 aromatic rings. The Balaban J connectivity index is 2.85. The molecule has 3 nitrogen and oxygen atoms in total. The molecular weight excluding hydrogens is 250 g/mol. The predicted molar refractivity (Wildman–Crippen MR) is 85.9 cm³/mol. The Hall–Kier alpha value is -1.38. The smallest absolute Gasteiger partial charge is 0.124 e. The molecule has 114 valence electrons. The highest BCUT2D eigenvalue weighted by Gasteiger charge is 2.13. The van der Waals surface area contributed by atoms with Crippen molar-refractivity contribution in [2.24, 2.45) is 11.8 Å². The van der Waals surface area contributed by atoms with E-state index in [1.807, 2.05) is 18.2 Å². The molecule has 1 rings (SSSR count). The summed E-state index contributed by atoms with van der Waals surface area (Å²) in [6.07, 6.45) is 2.33. The van der Waals surface area contributed by atoms with Crippen LogP contribution in [0, 0.1) is 11.8 Å². The number of benzene rings is 1. The molecule has 0 radical (unpaired) electrons. The second kappa shape index (κ2) is 8.03.